The third-order valence-corrected chi connectivity index (χ3v) is 7.64. The van der Waals surface area contributed by atoms with Crippen LogP contribution in [0, 0.1) is 6.92 Å². The summed E-state index contributed by atoms with van der Waals surface area (Å²) in [7, 11) is 0. The van der Waals surface area contributed by atoms with E-state index < -0.39 is 6.17 Å². The maximum Gasteiger partial charge on any atom is 0.278 e. The van der Waals surface area contributed by atoms with Gasteiger partial charge < -0.3 is 20.8 Å². The number of anilines is 2. The quantitative estimate of drug-likeness (QED) is 0.223. The van der Waals surface area contributed by atoms with Crippen LogP contribution in [0.1, 0.15) is 28.5 Å². The number of carbonyl (C=O) groups is 1. The molecule has 1 aliphatic heterocycles. The lowest BCUT2D eigenvalue weighted by atomic mass is 10.1. The summed E-state index contributed by atoms with van der Waals surface area (Å²) in [6.07, 6.45) is 6.71. The molecule has 42 heavy (non-hydrogen) atoms. The van der Waals surface area contributed by atoms with Gasteiger partial charge in [0, 0.05) is 35.4 Å². The number of hydrogen-bond donors (Lipinski definition) is 4. The zero-order chi connectivity index (χ0) is 28.8. The molecule has 0 spiro atoms. The van der Waals surface area contributed by atoms with Crippen LogP contribution in [0.5, 0.6) is 5.75 Å². The highest BCUT2D eigenvalue weighted by Gasteiger charge is 2.37. The first-order valence-electron chi connectivity index (χ1n) is 13.7. The van der Waals surface area contributed by atoms with E-state index in [0.29, 0.717) is 23.7 Å². The number of benzene rings is 2. The lowest BCUT2D eigenvalue weighted by Crippen LogP contribution is -2.59. The molecule has 6 aromatic rings. The second-order valence-electron chi connectivity index (χ2n) is 10.4. The van der Waals surface area contributed by atoms with Crippen molar-refractivity contribution in [1.29, 1.82) is 0 Å². The summed E-state index contributed by atoms with van der Waals surface area (Å²) < 4.78 is 3.59. The Morgan fingerprint density at radius 1 is 1.02 bits per heavy atom. The highest BCUT2D eigenvalue weighted by Crippen LogP contribution is 2.33. The van der Waals surface area contributed by atoms with E-state index in [-0.39, 0.29) is 17.7 Å². The average molecular weight is 560 g/mol. The number of hydrogen-bond acceptors (Lipinski definition) is 7. The van der Waals surface area contributed by atoms with Gasteiger partial charge in [0.1, 0.15) is 35.4 Å². The van der Waals surface area contributed by atoms with E-state index in [4.69, 9.17) is 5.10 Å². The topological polar surface area (TPSA) is 129 Å². The first kappa shape index (κ1) is 25.4. The van der Waals surface area contributed by atoms with Gasteiger partial charge in [-0.15, -0.1) is 0 Å². The van der Waals surface area contributed by atoms with E-state index in [1.54, 1.807) is 26.4 Å². The van der Waals surface area contributed by atoms with Crippen LogP contribution < -0.4 is 15.6 Å². The summed E-state index contributed by atoms with van der Waals surface area (Å²) in [6.45, 7) is 4.39. The smallest absolute Gasteiger partial charge is 0.278 e. The Bertz CT molecular complexity index is 1910. The summed E-state index contributed by atoms with van der Waals surface area (Å²) in [5.41, 5.74) is 8.85. The third kappa shape index (κ3) is 4.31. The van der Waals surface area contributed by atoms with Crippen LogP contribution in [0.25, 0.3) is 22.3 Å². The van der Waals surface area contributed by atoms with Gasteiger partial charge in [0.05, 0.1) is 23.7 Å². The van der Waals surface area contributed by atoms with Gasteiger partial charge in [0.2, 0.25) is 0 Å². The molecule has 0 fully saturated rings. The molecule has 1 aliphatic rings. The van der Waals surface area contributed by atoms with Crippen molar-refractivity contribution >= 4 is 28.4 Å². The zero-order valence-corrected chi connectivity index (χ0v) is 23.1. The highest BCUT2D eigenvalue weighted by molar-refractivity contribution is 6.08. The second kappa shape index (κ2) is 10.1. The minimum atomic E-state index is -0.427. The molecule has 4 N–H and O–H groups in total. The zero-order valence-electron chi connectivity index (χ0n) is 23.1. The number of aromatic amines is 1. The van der Waals surface area contributed by atoms with Gasteiger partial charge >= 0.3 is 0 Å². The Kier molecular flexibility index (Phi) is 6.11. The normalized spacial score (nSPS) is 15.4. The number of aromatic nitrogens is 6. The molecule has 0 radical (unpaired) electrons. The van der Waals surface area contributed by atoms with Gasteiger partial charge in [-0.05, 0) is 49.7 Å². The Labute approximate surface area is 241 Å². The fourth-order valence-electron chi connectivity index (χ4n) is 5.53. The number of phenols is 1. The van der Waals surface area contributed by atoms with E-state index in [1.807, 2.05) is 87.0 Å². The lowest BCUT2D eigenvalue weighted by molar-refractivity contribution is 0.0954. The predicted octanol–water partition coefficient (Wildman–Crippen LogP) is 4.72. The van der Waals surface area contributed by atoms with E-state index in [0.717, 1.165) is 33.5 Å². The maximum absolute atomic E-state index is 13.8. The lowest BCUT2D eigenvalue weighted by Gasteiger charge is -2.41. The van der Waals surface area contributed by atoms with Crippen molar-refractivity contribution in [2.24, 2.45) is 0 Å². The maximum atomic E-state index is 13.8. The molecule has 210 valence electrons. The number of aromatic hydroxyl groups is 1. The molecule has 5 heterocycles. The summed E-state index contributed by atoms with van der Waals surface area (Å²) >= 11 is 0. The van der Waals surface area contributed by atoms with Crippen LogP contribution in [0.15, 0.2) is 91.6 Å². The van der Waals surface area contributed by atoms with E-state index in [9.17, 15) is 9.90 Å². The summed E-state index contributed by atoms with van der Waals surface area (Å²) in [5.74, 6) is 0.777. The fourth-order valence-corrected chi connectivity index (χ4v) is 5.53. The number of amides is 1. The Balaban J connectivity index is 1.22. The van der Waals surface area contributed by atoms with Crippen LogP contribution in [-0.2, 0) is 6.54 Å². The monoisotopic (exact) mass is 559 g/mol. The fraction of sp³-hybridized carbons (Fsp3) is 0.161. The molecule has 7 rings (SSSR count). The van der Waals surface area contributed by atoms with Crippen LogP contribution >= 0.6 is 0 Å². The number of phenolic OH excluding ortho intramolecular Hbond substituents is 1. The Hall–Kier alpha value is -5.58. The number of carbonyl (C=O) groups excluding carboxylic acids is 1. The van der Waals surface area contributed by atoms with Gasteiger partial charge in [-0.1, -0.05) is 36.4 Å². The van der Waals surface area contributed by atoms with Gasteiger partial charge in [-0.2, -0.15) is 5.10 Å². The van der Waals surface area contributed by atoms with E-state index in [2.05, 4.69) is 25.7 Å². The minimum Gasteiger partial charge on any atom is -0.508 e. The molecule has 4 aromatic heterocycles. The second-order valence-corrected chi connectivity index (χ2v) is 10.4. The number of nitrogens with one attached hydrogen (secondary N) is 3. The van der Waals surface area contributed by atoms with Crippen molar-refractivity contribution in [2.45, 2.75) is 32.6 Å². The first-order chi connectivity index (χ1) is 20.5. The molecule has 11 heteroatoms. The van der Waals surface area contributed by atoms with E-state index >= 15 is 0 Å². The molecular formula is C31H29N9O2. The standard InChI is InChI=1S/C31H29N9O2/c1-19-12-15-39-27(19)31(42)40(22-9-4-3-5-10-22)30(37-39)20(2)35-29-26-23(16-32-28(26)33-18-34-29)24-13-14-38(36-24)17-21-8-6-7-11-25(21)41/h3-16,18,20,30,37,41H,17H2,1-2H3,(H2,32,33,34,35)/t20-,30?/m0/s1. The predicted molar refractivity (Wildman–Crippen MR) is 161 cm³/mol. The largest absolute Gasteiger partial charge is 0.508 e. The molecule has 1 unspecified atom stereocenters. The number of para-hydroxylation sites is 2. The molecule has 0 saturated heterocycles. The van der Waals surface area contributed by atoms with Crippen molar-refractivity contribution in [2.75, 3.05) is 15.6 Å². The third-order valence-electron chi connectivity index (χ3n) is 7.64. The summed E-state index contributed by atoms with van der Waals surface area (Å²) in [4.78, 5) is 27.9. The van der Waals surface area contributed by atoms with Gasteiger partial charge in [-0.25, -0.2) is 9.97 Å². The van der Waals surface area contributed by atoms with Crippen LogP contribution in [0.4, 0.5) is 11.5 Å². The van der Waals surface area contributed by atoms with Crippen molar-refractivity contribution < 1.29 is 9.90 Å². The summed E-state index contributed by atoms with van der Waals surface area (Å²) in [5, 5.41) is 19.3. The highest BCUT2D eigenvalue weighted by atomic mass is 16.3. The SMILES string of the molecule is Cc1ccn2c1C(=O)N(c1ccccc1)C([C@H](C)Nc1ncnc3[nH]cc(-c4ccn(Cc5ccccc5O)n4)c13)N2. The number of nitrogens with zero attached hydrogens (tertiary/aromatic N) is 6. The molecule has 2 aromatic carbocycles. The summed E-state index contributed by atoms with van der Waals surface area (Å²) in [6, 6.07) is 20.5. The molecule has 1 amide bonds. The number of fused-ring (bicyclic) bond motifs is 2. The molecule has 0 saturated carbocycles. The van der Waals surface area contributed by atoms with Gasteiger partial charge in [0.15, 0.2) is 0 Å². The van der Waals surface area contributed by atoms with Crippen LogP contribution in [0.3, 0.4) is 0 Å². The average Bonchev–Trinajstić information content (AvgIpc) is 3.73. The minimum absolute atomic E-state index is 0.0775. The number of aryl methyl sites for hydroxylation is 1. The molecular weight excluding hydrogens is 530 g/mol. The van der Waals surface area contributed by atoms with Crippen molar-refractivity contribution in [3.8, 4) is 17.0 Å². The molecule has 2 atom stereocenters. The van der Waals surface area contributed by atoms with Crippen molar-refractivity contribution in [3.05, 3.63) is 108 Å². The van der Waals surface area contributed by atoms with Gasteiger partial charge in [-0.3, -0.25) is 19.1 Å². The molecule has 11 nitrogen and oxygen atoms in total. The van der Waals surface area contributed by atoms with Crippen LogP contribution in [0.2, 0.25) is 0 Å². The molecule has 0 aliphatic carbocycles. The van der Waals surface area contributed by atoms with E-state index in [1.165, 1.54) is 6.33 Å². The number of rotatable bonds is 7. The van der Waals surface area contributed by atoms with Gasteiger partial charge in [0.25, 0.3) is 5.91 Å². The Morgan fingerprint density at radius 3 is 2.67 bits per heavy atom. The Morgan fingerprint density at radius 2 is 1.83 bits per heavy atom. The van der Waals surface area contributed by atoms with Crippen molar-refractivity contribution in [3.63, 3.8) is 0 Å². The number of H-pyrrole nitrogens is 1. The van der Waals surface area contributed by atoms with Crippen LogP contribution in [-0.4, -0.2) is 52.6 Å². The molecule has 0 bridgehead atoms. The van der Waals surface area contributed by atoms with Crippen molar-refractivity contribution in [1.82, 2.24) is 29.4 Å². The first-order valence-corrected chi connectivity index (χ1v) is 13.7.